The van der Waals surface area contributed by atoms with Crippen molar-refractivity contribution >= 4 is 23.5 Å². The number of ether oxygens (including phenoxy) is 1. The van der Waals surface area contributed by atoms with Gasteiger partial charge in [-0.1, -0.05) is 18.7 Å². The lowest BCUT2D eigenvalue weighted by Gasteiger charge is -2.28. The molecule has 8 heteroatoms. The first-order valence-electron chi connectivity index (χ1n) is 8.88. The fourth-order valence-corrected chi connectivity index (χ4v) is 3.78. The van der Waals surface area contributed by atoms with E-state index in [1.54, 1.807) is 38.4 Å². The van der Waals surface area contributed by atoms with Gasteiger partial charge in [-0.25, -0.2) is 9.78 Å². The van der Waals surface area contributed by atoms with Crippen LogP contribution < -0.4 is 10.9 Å². The second kappa shape index (κ2) is 8.39. The molecule has 0 radical (unpaired) electrons. The third-order valence-corrected chi connectivity index (χ3v) is 5.28. The third kappa shape index (κ3) is 3.90. The summed E-state index contributed by atoms with van der Waals surface area (Å²) in [5.74, 6) is 0.326. The molecule has 0 saturated carbocycles. The average molecular weight is 386 g/mol. The molecule has 0 aromatic carbocycles. The highest BCUT2D eigenvalue weighted by atomic mass is 32.2. The predicted octanol–water partition coefficient (Wildman–Crippen LogP) is 3.06. The number of anilines is 1. The van der Waals surface area contributed by atoms with E-state index < -0.39 is 11.9 Å². The van der Waals surface area contributed by atoms with Crippen LogP contribution in [0.1, 0.15) is 44.2 Å². The topological polar surface area (TPSA) is 97.0 Å². The Bertz CT molecular complexity index is 924. The van der Waals surface area contributed by atoms with E-state index in [0.717, 1.165) is 17.7 Å². The molecule has 1 aliphatic heterocycles. The van der Waals surface area contributed by atoms with Gasteiger partial charge in [-0.15, -0.1) is 0 Å². The summed E-state index contributed by atoms with van der Waals surface area (Å²) in [7, 11) is 0. The van der Waals surface area contributed by atoms with Crippen LogP contribution in [0.4, 0.5) is 5.82 Å². The van der Waals surface area contributed by atoms with Crippen molar-refractivity contribution < 1.29 is 9.53 Å². The van der Waals surface area contributed by atoms with E-state index in [9.17, 15) is 9.59 Å². The Hall–Kier alpha value is -2.61. The molecule has 0 bridgehead atoms. The zero-order valence-corrected chi connectivity index (χ0v) is 16.4. The molecule has 0 unspecified atom stereocenters. The average Bonchev–Trinajstić information content (AvgIpc) is 2.66. The number of carbonyl (C=O) groups is 1. The number of rotatable bonds is 6. The lowest BCUT2D eigenvalue weighted by Crippen LogP contribution is -2.31. The Kier molecular flexibility index (Phi) is 5.95. The molecule has 2 aromatic rings. The molecule has 7 nitrogen and oxygen atoms in total. The van der Waals surface area contributed by atoms with Crippen LogP contribution in [-0.4, -0.2) is 33.3 Å². The number of carbonyl (C=O) groups excluding carboxylic acids is 1. The molecule has 27 heavy (non-hydrogen) atoms. The Balaban J connectivity index is 2.17. The number of allylic oxidation sites excluding steroid dienone is 1. The van der Waals surface area contributed by atoms with Crippen molar-refractivity contribution in [3.05, 3.63) is 57.3 Å². The van der Waals surface area contributed by atoms with Crippen LogP contribution >= 0.6 is 11.8 Å². The third-order valence-electron chi connectivity index (χ3n) is 4.20. The molecule has 0 aliphatic carbocycles. The first-order chi connectivity index (χ1) is 13.1. The number of esters is 1. The van der Waals surface area contributed by atoms with E-state index in [1.165, 1.54) is 11.8 Å². The standard InChI is InChI=1S/C19H22N4O3S/c1-4-10-27-19-22-16-15(17(24)23-19)14(12-6-8-20-9-7-12)13(11(3)21-16)18(25)26-5-2/h6-9,14H,4-5,10H2,1-3H3,(H2,21,22,23,24)/t14-/m1/s1. The Morgan fingerprint density at radius 3 is 2.70 bits per heavy atom. The van der Waals surface area contributed by atoms with Gasteiger partial charge in [0.25, 0.3) is 5.56 Å². The van der Waals surface area contributed by atoms with Gasteiger partial charge in [0.05, 0.1) is 23.7 Å². The number of aromatic amines is 1. The number of thioether (sulfide) groups is 1. The van der Waals surface area contributed by atoms with Crippen molar-refractivity contribution in [2.45, 2.75) is 38.3 Å². The normalized spacial score (nSPS) is 15.9. The Morgan fingerprint density at radius 1 is 1.30 bits per heavy atom. The molecular formula is C19H22N4O3S. The number of fused-ring (bicyclic) bond motifs is 1. The minimum absolute atomic E-state index is 0.257. The molecule has 2 aromatic heterocycles. The van der Waals surface area contributed by atoms with Gasteiger partial charge in [0, 0.05) is 23.8 Å². The molecule has 0 spiro atoms. The van der Waals surface area contributed by atoms with Crippen LogP contribution in [0.15, 0.2) is 45.7 Å². The second-order valence-electron chi connectivity index (χ2n) is 6.08. The number of hydrogen-bond donors (Lipinski definition) is 2. The maximum atomic E-state index is 12.9. The number of aromatic nitrogens is 3. The zero-order valence-electron chi connectivity index (χ0n) is 15.5. The Labute approximate surface area is 161 Å². The smallest absolute Gasteiger partial charge is 0.336 e. The summed E-state index contributed by atoms with van der Waals surface area (Å²) >= 11 is 1.50. The summed E-state index contributed by atoms with van der Waals surface area (Å²) in [4.78, 5) is 37.0. The summed E-state index contributed by atoms with van der Waals surface area (Å²) in [6.45, 7) is 5.88. The van der Waals surface area contributed by atoms with Crippen molar-refractivity contribution in [2.24, 2.45) is 0 Å². The zero-order chi connectivity index (χ0) is 19.4. The SMILES string of the molecule is CCCSc1nc2c(c(=O)[nH]1)[C@H](c1ccncc1)C(C(=O)OCC)=C(C)N2. The van der Waals surface area contributed by atoms with Crippen LogP contribution in [0.5, 0.6) is 0 Å². The summed E-state index contributed by atoms with van der Waals surface area (Å²) in [6.07, 6.45) is 4.26. The van der Waals surface area contributed by atoms with Crippen molar-refractivity contribution in [2.75, 3.05) is 17.7 Å². The molecule has 142 valence electrons. The van der Waals surface area contributed by atoms with Crippen LogP contribution in [0, 0.1) is 0 Å². The van der Waals surface area contributed by atoms with Gasteiger partial charge in [-0.05, 0) is 38.0 Å². The molecule has 2 N–H and O–H groups in total. The van der Waals surface area contributed by atoms with Gasteiger partial charge in [0.15, 0.2) is 5.16 Å². The van der Waals surface area contributed by atoms with E-state index in [-0.39, 0.29) is 12.2 Å². The second-order valence-corrected chi connectivity index (χ2v) is 7.16. The molecule has 3 heterocycles. The fourth-order valence-electron chi connectivity index (χ4n) is 3.07. The van der Waals surface area contributed by atoms with E-state index in [4.69, 9.17) is 4.74 Å². The highest BCUT2D eigenvalue weighted by Crippen LogP contribution is 2.39. The molecular weight excluding hydrogens is 364 g/mol. The lowest BCUT2D eigenvalue weighted by molar-refractivity contribution is -0.138. The highest BCUT2D eigenvalue weighted by Gasteiger charge is 2.36. The van der Waals surface area contributed by atoms with Gasteiger partial charge in [-0.2, -0.15) is 0 Å². The van der Waals surface area contributed by atoms with Gasteiger partial charge in [0.2, 0.25) is 0 Å². The number of nitrogens with one attached hydrogen (secondary N) is 2. The van der Waals surface area contributed by atoms with E-state index in [0.29, 0.717) is 27.8 Å². The van der Waals surface area contributed by atoms with Gasteiger partial charge < -0.3 is 15.0 Å². The monoisotopic (exact) mass is 386 g/mol. The molecule has 1 atom stereocenters. The lowest BCUT2D eigenvalue weighted by atomic mass is 9.83. The van der Waals surface area contributed by atoms with Crippen molar-refractivity contribution in [1.29, 1.82) is 0 Å². The molecule has 0 amide bonds. The Morgan fingerprint density at radius 2 is 2.04 bits per heavy atom. The van der Waals surface area contributed by atoms with Gasteiger partial charge in [-0.3, -0.25) is 9.78 Å². The maximum Gasteiger partial charge on any atom is 0.336 e. The quantitative estimate of drug-likeness (QED) is 0.447. The molecule has 0 fully saturated rings. The molecule has 3 rings (SSSR count). The number of hydrogen-bond acceptors (Lipinski definition) is 7. The predicted molar refractivity (Wildman–Crippen MR) is 105 cm³/mol. The summed E-state index contributed by atoms with van der Waals surface area (Å²) in [5.41, 5.74) is 1.98. The first-order valence-corrected chi connectivity index (χ1v) is 9.87. The van der Waals surface area contributed by atoms with Gasteiger partial charge in [0.1, 0.15) is 5.82 Å². The molecule has 1 aliphatic rings. The highest BCUT2D eigenvalue weighted by molar-refractivity contribution is 7.99. The van der Waals surface area contributed by atoms with E-state index >= 15 is 0 Å². The largest absolute Gasteiger partial charge is 0.463 e. The number of pyridine rings is 1. The maximum absolute atomic E-state index is 12.9. The number of nitrogens with zero attached hydrogens (tertiary/aromatic N) is 2. The van der Waals surface area contributed by atoms with Crippen LogP contribution in [0.25, 0.3) is 0 Å². The van der Waals surface area contributed by atoms with Crippen molar-refractivity contribution in [3.63, 3.8) is 0 Å². The first kappa shape index (κ1) is 19.2. The minimum atomic E-state index is -0.565. The van der Waals surface area contributed by atoms with E-state index in [1.807, 2.05) is 0 Å². The fraction of sp³-hybridized carbons (Fsp3) is 0.368. The van der Waals surface area contributed by atoms with Crippen LogP contribution in [0.3, 0.4) is 0 Å². The molecule has 0 saturated heterocycles. The van der Waals surface area contributed by atoms with Crippen molar-refractivity contribution in [1.82, 2.24) is 15.0 Å². The summed E-state index contributed by atoms with van der Waals surface area (Å²) < 4.78 is 5.25. The summed E-state index contributed by atoms with van der Waals surface area (Å²) in [6, 6.07) is 3.59. The number of H-pyrrole nitrogens is 1. The summed E-state index contributed by atoms with van der Waals surface area (Å²) in [5, 5.41) is 3.69. The van der Waals surface area contributed by atoms with Crippen LogP contribution in [-0.2, 0) is 9.53 Å². The van der Waals surface area contributed by atoms with Crippen LogP contribution in [0.2, 0.25) is 0 Å². The minimum Gasteiger partial charge on any atom is -0.463 e. The van der Waals surface area contributed by atoms with Crippen molar-refractivity contribution in [3.8, 4) is 0 Å². The van der Waals surface area contributed by atoms with E-state index in [2.05, 4.69) is 27.2 Å². The van der Waals surface area contributed by atoms with Gasteiger partial charge >= 0.3 is 5.97 Å².